The largest absolute Gasteiger partial charge is 0.450 e. The van der Waals surface area contributed by atoms with Crippen molar-refractivity contribution in [2.45, 2.75) is 19.9 Å². The third kappa shape index (κ3) is 3.89. The van der Waals surface area contributed by atoms with Crippen molar-refractivity contribution in [3.63, 3.8) is 0 Å². The molecule has 1 aromatic rings. The summed E-state index contributed by atoms with van der Waals surface area (Å²) in [7, 11) is 0. The van der Waals surface area contributed by atoms with Crippen LogP contribution in [-0.4, -0.2) is 43.8 Å². The van der Waals surface area contributed by atoms with Crippen LogP contribution in [0, 0.1) is 0 Å². The number of amides is 1. The molecule has 0 spiro atoms. The van der Waals surface area contributed by atoms with Gasteiger partial charge in [-0.25, -0.2) is 4.79 Å². The zero-order valence-corrected chi connectivity index (χ0v) is 14.1. The van der Waals surface area contributed by atoms with Gasteiger partial charge in [0.25, 0.3) is 0 Å². The first kappa shape index (κ1) is 16.1. The van der Waals surface area contributed by atoms with Gasteiger partial charge in [0.2, 0.25) is 0 Å². The number of rotatable bonds is 3. The summed E-state index contributed by atoms with van der Waals surface area (Å²) in [5.41, 5.74) is 8.15. The van der Waals surface area contributed by atoms with Crippen molar-refractivity contribution in [3.8, 4) is 0 Å². The first-order valence-electron chi connectivity index (χ1n) is 7.24. The van der Waals surface area contributed by atoms with Gasteiger partial charge in [-0.15, -0.1) is 0 Å². The second-order valence-electron chi connectivity index (χ2n) is 5.17. The molecule has 0 bridgehead atoms. The van der Waals surface area contributed by atoms with E-state index in [4.69, 9.17) is 10.5 Å². The number of anilines is 1. The summed E-state index contributed by atoms with van der Waals surface area (Å²) in [4.78, 5) is 15.7. The standard InChI is InChI=1S/C15H22BrN3O2/c1-3-21-15(20)19-8-6-18(7-9-19)14-5-4-12(11(2)17)10-13(14)16/h4-5,10-11H,3,6-9,17H2,1-2H3/t11-/m1/s1. The Kier molecular flexibility index (Phi) is 5.47. The Balaban J connectivity index is 2.01. The minimum Gasteiger partial charge on any atom is -0.450 e. The molecule has 1 aliphatic heterocycles. The van der Waals surface area contributed by atoms with Crippen molar-refractivity contribution in [1.82, 2.24) is 4.90 Å². The zero-order valence-electron chi connectivity index (χ0n) is 12.5. The third-order valence-corrected chi connectivity index (χ3v) is 4.28. The molecule has 2 N–H and O–H groups in total. The van der Waals surface area contributed by atoms with Gasteiger partial charge >= 0.3 is 6.09 Å². The monoisotopic (exact) mass is 355 g/mol. The number of hydrogen-bond donors (Lipinski definition) is 1. The Hall–Kier alpha value is -1.27. The number of piperazine rings is 1. The van der Waals surface area contributed by atoms with Crippen molar-refractivity contribution < 1.29 is 9.53 Å². The van der Waals surface area contributed by atoms with Crippen molar-refractivity contribution in [2.24, 2.45) is 5.73 Å². The molecule has 0 unspecified atom stereocenters. The van der Waals surface area contributed by atoms with Crippen LogP contribution in [0.3, 0.4) is 0 Å². The molecule has 0 aromatic heterocycles. The van der Waals surface area contributed by atoms with Crippen LogP contribution in [0.4, 0.5) is 10.5 Å². The van der Waals surface area contributed by atoms with Gasteiger partial charge in [0, 0.05) is 36.7 Å². The molecule has 1 amide bonds. The molecule has 0 saturated carbocycles. The van der Waals surface area contributed by atoms with Crippen molar-refractivity contribution >= 4 is 27.7 Å². The van der Waals surface area contributed by atoms with E-state index < -0.39 is 0 Å². The van der Waals surface area contributed by atoms with E-state index in [1.54, 1.807) is 4.90 Å². The highest BCUT2D eigenvalue weighted by Crippen LogP contribution is 2.29. The van der Waals surface area contributed by atoms with Crippen molar-refractivity contribution in [1.29, 1.82) is 0 Å². The molecule has 6 heteroatoms. The van der Waals surface area contributed by atoms with E-state index in [9.17, 15) is 4.79 Å². The SMILES string of the molecule is CCOC(=O)N1CCN(c2ccc([C@@H](C)N)cc2Br)CC1. The maximum Gasteiger partial charge on any atom is 0.409 e. The molecule has 116 valence electrons. The first-order chi connectivity index (χ1) is 10.0. The van der Waals surface area contributed by atoms with Crippen LogP contribution in [0.2, 0.25) is 0 Å². The van der Waals surface area contributed by atoms with Crippen molar-refractivity contribution in [2.75, 3.05) is 37.7 Å². The summed E-state index contributed by atoms with van der Waals surface area (Å²) in [6.07, 6.45) is -0.219. The highest BCUT2D eigenvalue weighted by Gasteiger charge is 2.23. The Morgan fingerprint density at radius 3 is 2.57 bits per heavy atom. The number of hydrogen-bond acceptors (Lipinski definition) is 4. The Morgan fingerprint density at radius 1 is 1.38 bits per heavy atom. The van der Waals surface area contributed by atoms with Gasteiger partial charge in [-0.3, -0.25) is 0 Å². The average Bonchev–Trinajstić information content (AvgIpc) is 2.47. The van der Waals surface area contributed by atoms with Gasteiger partial charge in [-0.05, 0) is 47.5 Å². The van der Waals surface area contributed by atoms with Crippen molar-refractivity contribution in [3.05, 3.63) is 28.2 Å². The molecule has 2 rings (SSSR count). The molecule has 1 aliphatic rings. The number of nitrogens with two attached hydrogens (primary N) is 1. The molecule has 1 atom stereocenters. The quantitative estimate of drug-likeness (QED) is 0.905. The molecule has 0 radical (unpaired) electrons. The highest BCUT2D eigenvalue weighted by atomic mass is 79.9. The summed E-state index contributed by atoms with van der Waals surface area (Å²) < 4.78 is 6.08. The van der Waals surface area contributed by atoms with Gasteiger partial charge in [-0.2, -0.15) is 0 Å². The van der Waals surface area contributed by atoms with Crippen LogP contribution in [0.1, 0.15) is 25.5 Å². The van der Waals surface area contributed by atoms with E-state index in [0.29, 0.717) is 19.7 Å². The molecular weight excluding hydrogens is 334 g/mol. The summed E-state index contributed by atoms with van der Waals surface area (Å²) in [6, 6.07) is 6.24. The van der Waals surface area contributed by atoms with Crippen LogP contribution in [-0.2, 0) is 4.74 Å². The second kappa shape index (κ2) is 7.13. The van der Waals surface area contributed by atoms with Gasteiger partial charge in [0.15, 0.2) is 0 Å². The normalized spacial score (nSPS) is 16.8. The van der Waals surface area contributed by atoms with Gasteiger partial charge in [-0.1, -0.05) is 6.07 Å². The molecule has 5 nitrogen and oxygen atoms in total. The molecular formula is C15H22BrN3O2. The van der Waals surface area contributed by atoms with Crippen LogP contribution in [0.25, 0.3) is 0 Å². The maximum atomic E-state index is 11.7. The maximum absolute atomic E-state index is 11.7. The number of halogens is 1. The lowest BCUT2D eigenvalue weighted by Gasteiger charge is -2.36. The van der Waals surface area contributed by atoms with Crippen LogP contribution in [0.5, 0.6) is 0 Å². The average molecular weight is 356 g/mol. The van der Waals surface area contributed by atoms with E-state index >= 15 is 0 Å². The molecule has 1 saturated heterocycles. The Labute approximate surface area is 134 Å². The predicted octanol–water partition coefficient (Wildman–Crippen LogP) is 2.75. The van der Waals surface area contributed by atoms with Gasteiger partial charge < -0.3 is 20.3 Å². The topological polar surface area (TPSA) is 58.8 Å². The highest BCUT2D eigenvalue weighted by molar-refractivity contribution is 9.10. The van der Waals surface area contributed by atoms with Crippen LogP contribution < -0.4 is 10.6 Å². The summed E-state index contributed by atoms with van der Waals surface area (Å²) in [6.45, 7) is 7.18. The third-order valence-electron chi connectivity index (χ3n) is 3.64. The predicted molar refractivity (Wildman–Crippen MR) is 87.6 cm³/mol. The van der Waals surface area contributed by atoms with Crippen LogP contribution >= 0.6 is 15.9 Å². The lowest BCUT2D eigenvalue weighted by Crippen LogP contribution is -2.49. The fraction of sp³-hybridized carbons (Fsp3) is 0.533. The number of ether oxygens (including phenoxy) is 1. The molecule has 1 heterocycles. The smallest absolute Gasteiger partial charge is 0.409 e. The first-order valence-corrected chi connectivity index (χ1v) is 8.04. The summed E-state index contributed by atoms with van der Waals surface area (Å²) >= 11 is 3.62. The minimum absolute atomic E-state index is 0.0241. The number of carbonyl (C=O) groups is 1. The zero-order chi connectivity index (χ0) is 15.4. The van der Waals surface area contributed by atoms with E-state index in [0.717, 1.165) is 28.8 Å². The summed E-state index contributed by atoms with van der Waals surface area (Å²) in [5, 5.41) is 0. The van der Waals surface area contributed by atoms with Crippen LogP contribution in [0.15, 0.2) is 22.7 Å². The molecule has 21 heavy (non-hydrogen) atoms. The second-order valence-corrected chi connectivity index (χ2v) is 6.03. The summed E-state index contributed by atoms with van der Waals surface area (Å²) in [5.74, 6) is 0. The lowest BCUT2D eigenvalue weighted by molar-refractivity contribution is 0.105. The Morgan fingerprint density at radius 2 is 2.05 bits per heavy atom. The van der Waals surface area contributed by atoms with E-state index in [1.165, 1.54) is 0 Å². The fourth-order valence-electron chi connectivity index (χ4n) is 2.41. The fourth-order valence-corrected chi connectivity index (χ4v) is 3.05. The number of carbonyl (C=O) groups excluding carboxylic acids is 1. The van der Waals surface area contributed by atoms with Gasteiger partial charge in [0.1, 0.15) is 0 Å². The molecule has 1 aromatic carbocycles. The number of benzene rings is 1. The Bertz CT molecular complexity index is 500. The molecule has 1 fully saturated rings. The van der Waals surface area contributed by atoms with E-state index in [2.05, 4.69) is 39.0 Å². The lowest BCUT2D eigenvalue weighted by atomic mass is 10.1. The van der Waals surface area contributed by atoms with E-state index in [-0.39, 0.29) is 12.1 Å². The number of nitrogens with zero attached hydrogens (tertiary/aromatic N) is 2. The molecule has 0 aliphatic carbocycles. The minimum atomic E-state index is -0.219. The van der Waals surface area contributed by atoms with Gasteiger partial charge in [0.05, 0.1) is 12.3 Å². The van der Waals surface area contributed by atoms with E-state index in [1.807, 2.05) is 13.8 Å².